The number of alkyl halides is 2. The van der Waals surface area contributed by atoms with Gasteiger partial charge in [0.1, 0.15) is 0 Å². The number of thioether (sulfide) groups is 2. The number of aromatic nitrogens is 2. The average molecular weight is 407 g/mol. The Balaban J connectivity index is 1.84. The zero-order chi connectivity index (χ0) is 18.2. The molecule has 1 aromatic carbocycles. The first-order chi connectivity index (χ1) is 12.0. The van der Waals surface area contributed by atoms with E-state index in [1.165, 1.54) is 48.0 Å². The molecule has 25 heavy (non-hydrogen) atoms. The van der Waals surface area contributed by atoms with Crippen molar-refractivity contribution in [1.82, 2.24) is 15.5 Å². The highest BCUT2D eigenvalue weighted by atomic mass is 32.2. The van der Waals surface area contributed by atoms with Crippen molar-refractivity contribution in [3.05, 3.63) is 23.8 Å². The van der Waals surface area contributed by atoms with Gasteiger partial charge in [-0.25, -0.2) is 0 Å². The summed E-state index contributed by atoms with van der Waals surface area (Å²) < 4.78 is 35.5. The number of benzene rings is 1. The van der Waals surface area contributed by atoms with Crippen molar-refractivity contribution in [3.8, 4) is 11.5 Å². The second kappa shape index (κ2) is 9.78. The molecule has 1 N–H and O–H groups in total. The summed E-state index contributed by atoms with van der Waals surface area (Å²) >= 11 is 4.24. The summed E-state index contributed by atoms with van der Waals surface area (Å²) in [5.41, 5.74) is 0.706. The van der Waals surface area contributed by atoms with E-state index in [1.54, 1.807) is 12.1 Å². The first kappa shape index (κ1) is 19.7. The fraction of sp³-hybridized carbons (Fsp3) is 0.357. The Morgan fingerprint density at radius 1 is 1.32 bits per heavy atom. The molecule has 0 aliphatic heterocycles. The Morgan fingerprint density at radius 3 is 2.72 bits per heavy atom. The number of rotatable bonds is 9. The SMILES string of the molecule is COc1cc(CNC(=O)CSc2nnc(SC)s2)ccc1OC(F)F. The molecule has 2 rings (SSSR count). The number of carbonyl (C=O) groups is 1. The summed E-state index contributed by atoms with van der Waals surface area (Å²) in [6, 6.07) is 4.51. The number of nitrogens with zero attached hydrogens (tertiary/aromatic N) is 2. The molecular weight excluding hydrogens is 392 g/mol. The lowest BCUT2D eigenvalue weighted by Crippen LogP contribution is -2.24. The van der Waals surface area contributed by atoms with E-state index in [2.05, 4.69) is 20.3 Å². The van der Waals surface area contributed by atoms with Crippen LogP contribution in [0.15, 0.2) is 26.9 Å². The minimum absolute atomic E-state index is 0.0519. The molecule has 0 aliphatic carbocycles. The number of carbonyl (C=O) groups excluding carboxylic acids is 1. The van der Waals surface area contributed by atoms with Gasteiger partial charge < -0.3 is 14.8 Å². The molecule has 136 valence electrons. The standard InChI is InChI=1S/C14H15F2N3O3S3/c1-21-10-5-8(3-4-9(10)22-12(15)16)6-17-11(20)7-24-14-19-18-13(23-2)25-14/h3-5,12H,6-7H2,1-2H3,(H,17,20). The molecule has 0 fully saturated rings. The maximum absolute atomic E-state index is 12.3. The molecule has 11 heteroatoms. The lowest BCUT2D eigenvalue weighted by Gasteiger charge is -2.11. The van der Waals surface area contributed by atoms with E-state index in [4.69, 9.17) is 4.74 Å². The number of nitrogens with one attached hydrogen (secondary N) is 1. The van der Waals surface area contributed by atoms with Crippen LogP contribution in [0.2, 0.25) is 0 Å². The molecule has 1 heterocycles. The van der Waals surface area contributed by atoms with Gasteiger partial charge in [0.15, 0.2) is 20.2 Å². The summed E-state index contributed by atoms with van der Waals surface area (Å²) in [5, 5.41) is 10.7. The van der Waals surface area contributed by atoms with Crippen LogP contribution in [0.5, 0.6) is 11.5 Å². The molecule has 0 atom stereocenters. The van der Waals surface area contributed by atoms with Crippen molar-refractivity contribution in [1.29, 1.82) is 0 Å². The van der Waals surface area contributed by atoms with Crippen molar-refractivity contribution in [2.45, 2.75) is 21.8 Å². The lowest BCUT2D eigenvalue weighted by atomic mass is 10.2. The Labute approximate surface area is 155 Å². The van der Waals surface area contributed by atoms with E-state index in [-0.39, 0.29) is 29.7 Å². The van der Waals surface area contributed by atoms with Gasteiger partial charge in [0.05, 0.1) is 12.9 Å². The summed E-state index contributed by atoms with van der Waals surface area (Å²) in [6.45, 7) is -2.68. The van der Waals surface area contributed by atoms with Crippen LogP contribution in [0.3, 0.4) is 0 Å². The summed E-state index contributed by atoms with van der Waals surface area (Å²) in [6.07, 6.45) is 1.91. The van der Waals surface area contributed by atoms with Gasteiger partial charge in [0.25, 0.3) is 0 Å². The summed E-state index contributed by atoms with van der Waals surface area (Å²) in [7, 11) is 1.36. The highest BCUT2D eigenvalue weighted by Crippen LogP contribution is 2.29. The van der Waals surface area contributed by atoms with Crippen molar-refractivity contribution in [3.63, 3.8) is 0 Å². The first-order valence-electron chi connectivity index (χ1n) is 6.90. The monoisotopic (exact) mass is 407 g/mol. The molecular formula is C14H15F2N3O3S3. The Morgan fingerprint density at radius 2 is 2.08 bits per heavy atom. The predicted molar refractivity (Wildman–Crippen MR) is 93.9 cm³/mol. The second-order valence-electron chi connectivity index (χ2n) is 4.47. The number of methoxy groups -OCH3 is 1. The Kier molecular flexibility index (Phi) is 7.72. The summed E-state index contributed by atoms with van der Waals surface area (Å²) in [5.74, 6) is 0.175. The van der Waals surface area contributed by atoms with Crippen LogP contribution in [0.1, 0.15) is 5.56 Å². The molecule has 6 nitrogen and oxygen atoms in total. The van der Waals surface area contributed by atoms with E-state index in [1.807, 2.05) is 6.26 Å². The maximum Gasteiger partial charge on any atom is 0.387 e. The van der Waals surface area contributed by atoms with Gasteiger partial charge in [-0.3, -0.25) is 4.79 Å². The minimum Gasteiger partial charge on any atom is -0.493 e. The quantitative estimate of drug-likeness (QED) is 0.640. The normalized spacial score (nSPS) is 10.8. The highest BCUT2D eigenvalue weighted by molar-refractivity contribution is 8.03. The van der Waals surface area contributed by atoms with E-state index < -0.39 is 6.61 Å². The largest absolute Gasteiger partial charge is 0.493 e. The number of amides is 1. The van der Waals surface area contributed by atoms with Crippen molar-refractivity contribution in [2.75, 3.05) is 19.1 Å². The van der Waals surface area contributed by atoms with Gasteiger partial charge in [-0.15, -0.1) is 10.2 Å². The van der Waals surface area contributed by atoms with Gasteiger partial charge in [-0.1, -0.05) is 40.9 Å². The number of halogens is 2. The van der Waals surface area contributed by atoms with Gasteiger partial charge in [0.2, 0.25) is 5.91 Å². The molecule has 0 saturated carbocycles. The van der Waals surface area contributed by atoms with Crippen LogP contribution in [0.25, 0.3) is 0 Å². The maximum atomic E-state index is 12.3. The van der Waals surface area contributed by atoms with Crippen LogP contribution in [0.4, 0.5) is 8.78 Å². The summed E-state index contributed by atoms with van der Waals surface area (Å²) in [4.78, 5) is 11.9. The van der Waals surface area contributed by atoms with Gasteiger partial charge in [-0.2, -0.15) is 8.78 Å². The third-order valence-electron chi connectivity index (χ3n) is 2.82. The highest BCUT2D eigenvalue weighted by Gasteiger charge is 2.12. The average Bonchev–Trinajstić information content (AvgIpc) is 3.06. The van der Waals surface area contributed by atoms with E-state index >= 15 is 0 Å². The van der Waals surface area contributed by atoms with Crippen LogP contribution < -0.4 is 14.8 Å². The zero-order valence-electron chi connectivity index (χ0n) is 13.3. The fourth-order valence-electron chi connectivity index (χ4n) is 1.73. The van der Waals surface area contributed by atoms with E-state index in [9.17, 15) is 13.6 Å². The Hall–Kier alpha value is -1.59. The molecule has 0 radical (unpaired) electrons. The molecule has 1 amide bonds. The van der Waals surface area contributed by atoms with Gasteiger partial charge in [-0.05, 0) is 24.0 Å². The topological polar surface area (TPSA) is 73.3 Å². The third-order valence-corrected chi connectivity index (χ3v) is 5.86. The van der Waals surface area contributed by atoms with E-state index in [0.29, 0.717) is 5.56 Å². The zero-order valence-corrected chi connectivity index (χ0v) is 15.8. The molecule has 0 bridgehead atoms. The molecule has 1 aromatic heterocycles. The second-order valence-corrected chi connectivity index (χ2v) is 7.72. The minimum atomic E-state index is -2.93. The van der Waals surface area contributed by atoms with Crippen molar-refractivity contribution in [2.24, 2.45) is 0 Å². The third kappa shape index (κ3) is 6.33. The van der Waals surface area contributed by atoms with Crippen LogP contribution in [-0.4, -0.2) is 41.8 Å². The molecule has 0 saturated heterocycles. The Bertz CT molecular complexity index is 716. The van der Waals surface area contributed by atoms with Crippen LogP contribution in [0, 0.1) is 0 Å². The van der Waals surface area contributed by atoms with Crippen molar-refractivity contribution < 1.29 is 23.0 Å². The molecule has 0 spiro atoms. The smallest absolute Gasteiger partial charge is 0.387 e. The number of ether oxygens (including phenoxy) is 2. The number of hydrogen-bond donors (Lipinski definition) is 1. The van der Waals surface area contributed by atoms with Crippen LogP contribution >= 0.6 is 34.9 Å². The van der Waals surface area contributed by atoms with Gasteiger partial charge >= 0.3 is 6.61 Å². The molecule has 0 aliphatic rings. The first-order valence-corrected chi connectivity index (χ1v) is 9.93. The lowest BCUT2D eigenvalue weighted by molar-refractivity contribution is -0.118. The van der Waals surface area contributed by atoms with E-state index in [0.717, 1.165) is 8.68 Å². The van der Waals surface area contributed by atoms with Crippen molar-refractivity contribution >= 4 is 40.8 Å². The molecule has 2 aromatic rings. The molecule has 0 unspecified atom stereocenters. The predicted octanol–water partition coefficient (Wildman–Crippen LogP) is 3.28. The van der Waals surface area contributed by atoms with Crippen LogP contribution in [-0.2, 0) is 11.3 Å². The van der Waals surface area contributed by atoms with Gasteiger partial charge in [0, 0.05) is 6.54 Å². The fourth-order valence-corrected chi connectivity index (χ4v) is 4.00. The number of hydrogen-bond acceptors (Lipinski definition) is 8.